The van der Waals surface area contributed by atoms with E-state index in [1.165, 1.54) is 0 Å². The quantitative estimate of drug-likeness (QED) is 0.498. The van der Waals surface area contributed by atoms with Gasteiger partial charge in [0.2, 0.25) is 0 Å². The van der Waals surface area contributed by atoms with Crippen LogP contribution < -0.4 is 0 Å². The van der Waals surface area contributed by atoms with Crippen LogP contribution in [0.4, 0.5) is 26.3 Å². The third-order valence-corrected chi connectivity index (χ3v) is 1.83. The van der Waals surface area contributed by atoms with Crippen molar-refractivity contribution in [1.82, 2.24) is 0 Å². The van der Waals surface area contributed by atoms with Crippen molar-refractivity contribution >= 4 is 12.6 Å². The van der Waals surface area contributed by atoms with Gasteiger partial charge in [-0.15, -0.1) is 12.6 Å². The molecule has 0 nitrogen and oxygen atoms in total. The lowest BCUT2D eigenvalue weighted by Crippen LogP contribution is -2.10. The average molecular weight is 276 g/mol. The number of hydrogen-bond donors (Lipinski definition) is 1. The van der Waals surface area contributed by atoms with Crippen molar-refractivity contribution in [1.29, 1.82) is 0 Å². The topological polar surface area (TPSA) is 0 Å². The molecule has 7 heteroatoms. The molecule has 1 aromatic rings. The van der Waals surface area contributed by atoms with Crippen LogP contribution in [0.1, 0.15) is 25.0 Å². The van der Waals surface area contributed by atoms with E-state index >= 15 is 0 Å². The highest BCUT2D eigenvalue weighted by atomic mass is 32.1. The van der Waals surface area contributed by atoms with Gasteiger partial charge in [-0.05, 0) is 18.2 Å². The van der Waals surface area contributed by atoms with Gasteiger partial charge < -0.3 is 0 Å². The predicted molar refractivity (Wildman–Crippen MR) is 55.0 cm³/mol. The summed E-state index contributed by atoms with van der Waals surface area (Å²) in [6, 6.07) is 1.14. The van der Waals surface area contributed by atoms with E-state index in [9.17, 15) is 26.3 Å². The summed E-state index contributed by atoms with van der Waals surface area (Å²) in [7, 11) is 0. The molecule has 0 unspecified atom stereocenters. The number of alkyl halides is 6. The molecule has 0 aliphatic rings. The minimum absolute atomic E-state index is 0.0553. The van der Waals surface area contributed by atoms with Crippen molar-refractivity contribution in [3.63, 3.8) is 0 Å². The van der Waals surface area contributed by atoms with Crippen LogP contribution in [-0.2, 0) is 12.4 Å². The second-order valence-electron chi connectivity index (χ2n) is 2.76. The van der Waals surface area contributed by atoms with Gasteiger partial charge in [0.25, 0.3) is 0 Å². The van der Waals surface area contributed by atoms with E-state index in [2.05, 4.69) is 12.6 Å². The van der Waals surface area contributed by atoms with Crippen LogP contribution in [0, 0.1) is 0 Å². The Labute approximate surface area is 100 Å². The van der Waals surface area contributed by atoms with Crippen LogP contribution in [0.5, 0.6) is 0 Å². The van der Waals surface area contributed by atoms with Crippen molar-refractivity contribution in [3.05, 3.63) is 29.3 Å². The summed E-state index contributed by atoms with van der Waals surface area (Å²) in [5.74, 6) is 0. The van der Waals surface area contributed by atoms with E-state index in [4.69, 9.17) is 0 Å². The number of hydrogen-bond acceptors (Lipinski definition) is 1. The van der Waals surface area contributed by atoms with Gasteiger partial charge in [0.1, 0.15) is 0 Å². The SMILES string of the molecule is CC.FC(F)(F)c1cc(S)cc(C(F)(F)F)c1. The first kappa shape index (κ1) is 16.1. The lowest BCUT2D eigenvalue weighted by atomic mass is 10.1. The summed E-state index contributed by atoms with van der Waals surface area (Å²) < 4.78 is 72.8. The van der Waals surface area contributed by atoms with E-state index < -0.39 is 23.5 Å². The van der Waals surface area contributed by atoms with E-state index in [1.807, 2.05) is 13.8 Å². The van der Waals surface area contributed by atoms with Crippen LogP contribution in [0.25, 0.3) is 0 Å². The Morgan fingerprint density at radius 2 is 1.06 bits per heavy atom. The molecule has 0 N–H and O–H groups in total. The van der Waals surface area contributed by atoms with Crippen molar-refractivity contribution in [3.8, 4) is 0 Å². The minimum atomic E-state index is -4.81. The molecule has 0 saturated carbocycles. The third kappa shape index (κ3) is 4.89. The summed E-state index contributed by atoms with van der Waals surface area (Å²) in [4.78, 5) is -0.378. The number of benzene rings is 1. The molecule has 0 aliphatic heterocycles. The van der Waals surface area contributed by atoms with Crippen molar-refractivity contribution in [2.75, 3.05) is 0 Å². The van der Waals surface area contributed by atoms with Crippen molar-refractivity contribution in [2.45, 2.75) is 31.1 Å². The second kappa shape index (κ2) is 5.66. The highest BCUT2D eigenvalue weighted by Gasteiger charge is 2.36. The molecule has 0 fully saturated rings. The summed E-state index contributed by atoms with van der Waals surface area (Å²) in [5, 5.41) is 0. The highest BCUT2D eigenvalue weighted by molar-refractivity contribution is 7.80. The third-order valence-electron chi connectivity index (χ3n) is 1.57. The smallest absolute Gasteiger partial charge is 0.166 e. The zero-order valence-corrected chi connectivity index (χ0v) is 9.84. The first-order valence-electron chi connectivity index (χ1n) is 4.59. The van der Waals surface area contributed by atoms with Gasteiger partial charge in [0.05, 0.1) is 11.1 Å². The molecule has 1 aromatic carbocycles. The van der Waals surface area contributed by atoms with Gasteiger partial charge in [-0.3, -0.25) is 0 Å². The maximum Gasteiger partial charge on any atom is 0.416 e. The van der Waals surface area contributed by atoms with Gasteiger partial charge in [-0.2, -0.15) is 26.3 Å². The van der Waals surface area contributed by atoms with Crippen LogP contribution in [0.3, 0.4) is 0 Å². The molecule has 0 saturated heterocycles. The van der Waals surface area contributed by atoms with E-state index in [0.717, 1.165) is 0 Å². The molecule has 98 valence electrons. The van der Waals surface area contributed by atoms with Gasteiger partial charge >= 0.3 is 12.4 Å². The summed E-state index contributed by atoms with van der Waals surface area (Å²) >= 11 is 3.49. The Bertz CT molecular complexity index is 334. The molecule has 0 amide bonds. The Balaban J connectivity index is 0.00000121. The van der Waals surface area contributed by atoms with Crippen LogP contribution >= 0.6 is 12.6 Å². The predicted octanol–water partition coefficient (Wildman–Crippen LogP) is 5.04. The molecular formula is C10H10F6S. The minimum Gasteiger partial charge on any atom is -0.166 e. The Hall–Kier alpha value is -0.850. The average Bonchev–Trinajstić information content (AvgIpc) is 2.17. The van der Waals surface area contributed by atoms with E-state index in [1.54, 1.807) is 0 Å². The fraction of sp³-hybridized carbons (Fsp3) is 0.400. The fourth-order valence-corrected chi connectivity index (χ4v) is 1.22. The monoisotopic (exact) mass is 276 g/mol. The number of thiol groups is 1. The maximum absolute atomic E-state index is 12.1. The fourth-order valence-electron chi connectivity index (χ4n) is 0.939. The molecule has 0 heterocycles. The molecule has 0 bridgehead atoms. The summed E-state index contributed by atoms with van der Waals surface area (Å²) in [5.41, 5.74) is -2.72. The van der Waals surface area contributed by atoms with Crippen molar-refractivity contribution in [2.24, 2.45) is 0 Å². The molecular weight excluding hydrogens is 266 g/mol. The lowest BCUT2D eigenvalue weighted by molar-refractivity contribution is -0.143. The molecule has 17 heavy (non-hydrogen) atoms. The Morgan fingerprint density at radius 1 is 0.765 bits per heavy atom. The molecule has 0 radical (unpaired) electrons. The first-order valence-corrected chi connectivity index (χ1v) is 5.04. The van der Waals surface area contributed by atoms with Gasteiger partial charge in [-0.25, -0.2) is 0 Å². The normalized spacial score (nSPS) is 11.8. The van der Waals surface area contributed by atoms with Gasteiger partial charge in [0, 0.05) is 4.90 Å². The van der Waals surface area contributed by atoms with Crippen LogP contribution in [0.2, 0.25) is 0 Å². The zero-order valence-electron chi connectivity index (χ0n) is 8.95. The molecule has 0 spiro atoms. The maximum atomic E-state index is 12.1. The zero-order chi connectivity index (χ0) is 13.9. The van der Waals surface area contributed by atoms with Gasteiger partial charge in [-0.1, -0.05) is 13.8 Å². The number of halogens is 6. The lowest BCUT2D eigenvalue weighted by Gasteiger charge is -2.12. The molecule has 0 aromatic heterocycles. The van der Waals surface area contributed by atoms with E-state index in [0.29, 0.717) is 12.1 Å². The van der Waals surface area contributed by atoms with Crippen LogP contribution in [0.15, 0.2) is 23.1 Å². The second-order valence-corrected chi connectivity index (χ2v) is 3.28. The Morgan fingerprint density at radius 3 is 1.29 bits per heavy atom. The molecule has 0 aliphatic carbocycles. The number of rotatable bonds is 0. The highest BCUT2D eigenvalue weighted by Crippen LogP contribution is 2.36. The summed E-state index contributed by atoms with van der Waals surface area (Å²) in [6.07, 6.45) is -9.61. The Kier molecular flexibility index (Phi) is 5.38. The standard InChI is InChI=1S/C8H4F6S.C2H6/c9-7(10,11)4-1-5(8(12,13)14)3-6(15)2-4;1-2/h1-3,15H;1-2H3. The summed E-state index contributed by atoms with van der Waals surface area (Å²) in [6.45, 7) is 4.00. The van der Waals surface area contributed by atoms with Crippen molar-refractivity contribution < 1.29 is 26.3 Å². The largest absolute Gasteiger partial charge is 0.416 e. The first-order chi connectivity index (χ1) is 7.60. The molecule has 1 rings (SSSR count). The van der Waals surface area contributed by atoms with E-state index in [-0.39, 0.29) is 11.0 Å². The van der Waals surface area contributed by atoms with Gasteiger partial charge in [0.15, 0.2) is 0 Å². The van der Waals surface area contributed by atoms with Crippen LogP contribution in [-0.4, -0.2) is 0 Å². The molecule has 0 atom stereocenters.